The first-order valence-corrected chi connectivity index (χ1v) is 6.36. The van der Waals surface area contributed by atoms with Crippen LogP contribution in [0.2, 0.25) is 0 Å². The van der Waals surface area contributed by atoms with Crippen LogP contribution in [0.3, 0.4) is 0 Å². The summed E-state index contributed by atoms with van der Waals surface area (Å²) in [6, 6.07) is 6.44. The molecule has 3 atom stereocenters. The van der Waals surface area contributed by atoms with E-state index in [-0.39, 0.29) is 5.38 Å². The van der Waals surface area contributed by atoms with Crippen LogP contribution in [-0.4, -0.2) is 7.05 Å². The fourth-order valence-corrected chi connectivity index (χ4v) is 3.48. The second-order valence-corrected chi connectivity index (χ2v) is 5.19. The lowest BCUT2D eigenvalue weighted by molar-refractivity contribution is 0.440. The van der Waals surface area contributed by atoms with E-state index in [1.54, 1.807) is 0 Å². The predicted molar refractivity (Wildman–Crippen MR) is 69.2 cm³/mol. The molecular formula is C14H16ClN. The second kappa shape index (κ2) is 3.81. The zero-order valence-corrected chi connectivity index (χ0v) is 10.2. The average molecular weight is 234 g/mol. The molecule has 0 amide bonds. The smallest absolute Gasteiger partial charge is 0.0651 e. The Labute approximate surface area is 102 Å². The Kier molecular flexibility index (Phi) is 2.44. The van der Waals surface area contributed by atoms with Crippen molar-refractivity contribution in [2.24, 2.45) is 5.92 Å². The highest BCUT2D eigenvalue weighted by Crippen LogP contribution is 2.51. The number of halogens is 1. The van der Waals surface area contributed by atoms with Crippen LogP contribution in [0.1, 0.15) is 35.3 Å². The monoisotopic (exact) mass is 233 g/mol. The normalized spacial score (nSPS) is 31.0. The summed E-state index contributed by atoms with van der Waals surface area (Å²) >= 11 is 6.56. The molecule has 0 aliphatic heterocycles. The number of hydrogen-bond donors (Lipinski definition) is 1. The predicted octanol–water partition coefficient (Wildman–Crippen LogP) is 4.07. The van der Waals surface area contributed by atoms with Crippen molar-refractivity contribution in [2.75, 3.05) is 12.4 Å². The van der Waals surface area contributed by atoms with Crippen molar-refractivity contribution in [2.45, 2.75) is 24.1 Å². The van der Waals surface area contributed by atoms with Crippen molar-refractivity contribution in [3.63, 3.8) is 0 Å². The number of nitrogens with one attached hydrogen (secondary N) is 1. The third kappa shape index (κ3) is 1.38. The minimum Gasteiger partial charge on any atom is -0.388 e. The van der Waals surface area contributed by atoms with Gasteiger partial charge in [0.05, 0.1) is 5.38 Å². The molecule has 0 heterocycles. The molecule has 2 heteroatoms. The Bertz CT molecular complexity index is 438. The van der Waals surface area contributed by atoms with Gasteiger partial charge in [0, 0.05) is 12.7 Å². The standard InChI is InChI=1S/C14H16ClN/c1-16-12-7-3-6-11-13(12)9-4-2-5-10(8-9)14(11)15/h2-3,5-7,9-10,14,16H,4,8H2,1H3. The van der Waals surface area contributed by atoms with E-state index in [1.165, 1.54) is 23.2 Å². The fraction of sp³-hybridized carbons (Fsp3) is 0.429. The van der Waals surface area contributed by atoms with E-state index in [0.717, 1.165) is 6.42 Å². The van der Waals surface area contributed by atoms with Gasteiger partial charge in [0.1, 0.15) is 0 Å². The quantitative estimate of drug-likeness (QED) is 0.570. The molecule has 1 nitrogen and oxygen atoms in total. The molecule has 0 aromatic heterocycles. The van der Waals surface area contributed by atoms with Crippen LogP contribution in [0.5, 0.6) is 0 Å². The maximum Gasteiger partial charge on any atom is 0.0651 e. The zero-order valence-electron chi connectivity index (χ0n) is 9.41. The number of alkyl halides is 1. The van der Waals surface area contributed by atoms with Gasteiger partial charge in [0.2, 0.25) is 0 Å². The molecule has 0 radical (unpaired) electrons. The van der Waals surface area contributed by atoms with Crippen LogP contribution < -0.4 is 5.32 Å². The molecule has 0 saturated carbocycles. The average Bonchev–Trinajstić information content (AvgIpc) is 2.36. The van der Waals surface area contributed by atoms with Gasteiger partial charge in [-0.25, -0.2) is 0 Å². The first kappa shape index (κ1) is 10.2. The number of allylic oxidation sites excluding steroid dienone is 2. The minimum absolute atomic E-state index is 0.149. The van der Waals surface area contributed by atoms with Crippen LogP contribution in [0.25, 0.3) is 0 Å². The minimum atomic E-state index is 0.149. The third-order valence-corrected chi connectivity index (χ3v) is 4.41. The Morgan fingerprint density at radius 3 is 3.06 bits per heavy atom. The van der Waals surface area contributed by atoms with E-state index < -0.39 is 0 Å². The van der Waals surface area contributed by atoms with Crippen molar-refractivity contribution < 1.29 is 0 Å². The molecule has 2 aliphatic carbocycles. The molecule has 3 unspecified atom stereocenters. The van der Waals surface area contributed by atoms with Gasteiger partial charge < -0.3 is 5.32 Å². The van der Waals surface area contributed by atoms with Crippen molar-refractivity contribution in [3.8, 4) is 0 Å². The summed E-state index contributed by atoms with van der Waals surface area (Å²) in [5, 5.41) is 3.45. The van der Waals surface area contributed by atoms with Crippen molar-refractivity contribution in [3.05, 3.63) is 41.5 Å². The summed E-state index contributed by atoms with van der Waals surface area (Å²) in [5.74, 6) is 1.18. The van der Waals surface area contributed by atoms with Gasteiger partial charge in [0.15, 0.2) is 0 Å². The number of rotatable bonds is 1. The number of anilines is 1. The molecular weight excluding hydrogens is 218 g/mol. The lowest BCUT2D eigenvalue weighted by Crippen LogP contribution is -2.23. The molecule has 84 valence electrons. The van der Waals surface area contributed by atoms with Crippen molar-refractivity contribution in [1.82, 2.24) is 0 Å². The maximum absolute atomic E-state index is 6.56. The Balaban J connectivity index is 2.17. The van der Waals surface area contributed by atoms with Crippen LogP contribution in [0.15, 0.2) is 30.4 Å². The van der Waals surface area contributed by atoms with E-state index in [9.17, 15) is 0 Å². The summed E-state index contributed by atoms with van der Waals surface area (Å²) in [6.07, 6.45) is 6.95. The summed E-state index contributed by atoms with van der Waals surface area (Å²) in [4.78, 5) is 0. The topological polar surface area (TPSA) is 12.0 Å². The molecule has 0 spiro atoms. The SMILES string of the molecule is CNc1cccc2c1C1CC=CC(C1)C2Cl. The molecule has 2 aliphatic rings. The summed E-state index contributed by atoms with van der Waals surface area (Å²) < 4.78 is 0. The van der Waals surface area contributed by atoms with Gasteiger partial charge >= 0.3 is 0 Å². The van der Waals surface area contributed by atoms with Gasteiger partial charge in [-0.05, 0) is 41.9 Å². The fourth-order valence-electron chi connectivity index (χ4n) is 3.10. The number of benzene rings is 1. The highest BCUT2D eigenvalue weighted by Gasteiger charge is 2.35. The summed E-state index contributed by atoms with van der Waals surface area (Å²) in [6.45, 7) is 0. The number of hydrogen-bond acceptors (Lipinski definition) is 1. The van der Waals surface area contributed by atoms with Crippen molar-refractivity contribution in [1.29, 1.82) is 0 Å². The first-order chi connectivity index (χ1) is 7.81. The van der Waals surface area contributed by atoms with Gasteiger partial charge in [-0.1, -0.05) is 24.3 Å². The second-order valence-electron chi connectivity index (χ2n) is 4.72. The summed E-state index contributed by atoms with van der Waals surface area (Å²) in [7, 11) is 1.99. The molecule has 0 fully saturated rings. The van der Waals surface area contributed by atoms with E-state index in [4.69, 9.17) is 11.6 Å². The van der Waals surface area contributed by atoms with E-state index in [1.807, 2.05) is 7.05 Å². The first-order valence-electron chi connectivity index (χ1n) is 5.92. The van der Waals surface area contributed by atoms with E-state index >= 15 is 0 Å². The van der Waals surface area contributed by atoms with Crippen LogP contribution in [0, 0.1) is 5.92 Å². The molecule has 0 saturated heterocycles. The summed E-state index contributed by atoms with van der Waals surface area (Å²) in [5.41, 5.74) is 4.03. The molecule has 2 bridgehead atoms. The largest absolute Gasteiger partial charge is 0.388 e. The van der Waals surface area contributed by atoms with Crippen molar-refractivity contribution >= 4 is 17.3 Å². The van der Waals surface area contributed by atoms with Gasteiger partial charge in [0.25, 0.3) is 0 Å². The Morgan fingerprint density at radius 1 is 1.38 bits per heavy atom. The number of fused-ring (bicyclic) bond motifs is 4. The van der Waals surface area contributed by atoms with Crippen LogP contribution in [0.4, 0.5) is 5.69 Å². The zero-order chi connectivity index (χ0) is 11.1. The Morgan fingerprint density at radius 2 is 2.25 bits per heavy atom. The van der Waals surface area contributed by atoms with Crippen LogP contribution in [-0.2, 0) is 0 Å². The lowest BCUT2D eigenvalue weighted by Gasteiger charge is -2.37. The lowest BCUT2D eigenvalue weighted by atomic mass is 9.71. The van der Waals surface area contributed by atoms with Gasteiger partial charge in [-0.2, -0.15) is 0 Å². The highest BCUT2D eigenvalue weighted by molar-refractivity contribution is 6.21. The van der Waals surface area contributed by atoms with E-state index in [0.29, 0.717) is 11.8 Å². The highest BCUT2D eigenvalue weighted by atomic mass is 35.5. The molecule has 1 aromatic rings. The van der Waals surface area contributed by atoms with Gasteiger partial charge in [-0.3, -0.25) is 0 Å². The third-order valence-electron chi connectivity index (χ3n) is 3.85. The van der Waals surface area contributed by atoms with E-state index in [2.05, 4.69) is 35.7 Å². The molecule has 1 aromatic carbocycles. The molecule has 1 N–H and O–H groups in total. The maximum atomic E-state index is 6.56. The molecule has 3 rings (SSSR count). The van der Waals surface area contributed by atoms with Gasteiger partial charge in [-0.15, -0.1) is 11.6 Å². The molecule has 16 heavy (non-hydrogen) atoms. The van der Waals surface area contributed by atoms with Crippen LogP contribution >= 0.6 is 11.6 Å². The Hall–Kier alpha value is -0.950.